The van der Waals surface area contributed by atoms with Crippen LogP contribution in [0.25, 0.3) is 0 Å². The minimum absolute atomic E-state index is 0.105. The van der Waals surface area contributed by atoms with Crippen molar-refractivity contribution in [1.82, 2.24) is 0 Å². The van der Waals surface area contributed by atoms with Crippen LogP contribution in [0.4, 0.5) is 5.69 Å². The number of nitrogens with two attached hydrogens (primary N) is 2. The fourth-order valence-corrected chi connectivity index (χ4v) is 2.87. The molecule has 2 rings (SSSR count). The lowest BCUT2D eigenvalue weighted by molar-refractivity contribution is -0.116. The lowest BCUT2D eigenvalue weighted by Crippen LogP contribution is -2.38. The van der Waals surface area contributed by atoms with Crippen molar-refractivity contribution in [2.75, 3.05) is 17.2 Å². The van der Waals surface area contributed by atoms with Crippen molar-refractivity contribution in [3.63, 3.8) is 0 Å². The summed E-state index contributed by atoms with van der Waals surface area (Å²) in [5.41, 5.74) is 13.5. The van der Waals surface area contributed by atoms with Gasteiger partial charge in [-0.25, -0.2) is 0 Å². The maximum absolute atomic E-state index is 12.0. The zero-order chi connectivity index (χ0) is 13.1. The number of hydrogen-bond donors (Lipinski definition) is 2. The second-order valence-electron chi connectivity index (χ2n) is 4.61. The van der Waals surface area contributed by atoms with E-state index >= 15 is 0 Å². The van der Waals surface area contributed by atoms with Gasteiger partial charge in [0.25, 0.3) is 0 Å². The molecule has 1 aliphatic rings. The summed E-state index contributed by atoms with van der Waals surface area (Å²) in [6.45, 7) is 3.13. The number of amides is 1. The molecule has 4 N–H and O–H groups in total. The van der Waals surface area contributed by atoms with Crippen LogP contribution in [0.5, 0.6) is 0 Å². The van der Waals surface area contributed by atoms with Crippen molar-refractivity contribution in [2.45, 2.75) is 30.8 Å². The van der Waals surface area contributed by atoms with Crippen molar-refractivity contribution >= 4 is 23.4 Å². The minimum atomic E-state index is 0.105. The van der Waals surface area contributed by atoms with Crippen molar-refractivity contribution in [3.05, 3.63) is 23.8 Å². The molecular weight excluding hydrogens is 246 g/mol. The van der Waals surface area contributed by atoms with Gasteiger partial charge in [0.1, 0.15) is 0 Å². The molecule has 0 saturated carbocycles. The average molecular weight is 265 g/mol. The molecule has 0 fully saturated rings. The molecule has 0 aliphatic carbocycles. The number of hydrogen-bond acceptors (Lipinski definition) is 4. The van der Waals surface area contributed by atoms with Crippen molar-refractivity contribution < 1.29 is 4.79 Å². The van der Waals surface area contributed by atoms with E-state index in [4.69, 9.17) is 11.5 Å². The molecule has 98 valence electrons. The Bertz CT molecular complexity index is 448. The Morgan fingerprint density at radius 2 is 2.28 bits per heavy atom. The number of carbonyl (C=O) groups excluding carboxylic acids is 1. The van der Waals surface area contributed by atoms with Gasteiger partial charge in [-0.3, -0.25) is 4.79 Å². The molecule has 1 aromatic rings. The first-order valence-corrected chi connectivity index (χ1v) is 7.12. The Labute approximate surface area is 112 Å². The van der Waals surface area contributed by atoms with E-state index in [1.165, 1.54) is 0 Å². The van der Waals surface area contributed by atoms with Gasteiger partial charge in [-0.2, -0.15) is 0 Å². The first kappa shape index (κ1) is 13.4. The standard InChI is InChI=1S/C13H19N3OS/c1-9(15)4-5-16-11-6-10(7-14)2-3-12(11)18-8-13(16)17/h2-3,6,9H,4-5,7-8,14-15H2,1H3. The van der Waals surface area contributed by atoms with E-state index in [0.29, 0.717) is 18.8 Å². The molecule has 0 radical (unpaired) electrons. The zero-order valence-corrected chi connectivity index (χ0v) is 11.4. The minimum Gasteiger partial charge on any atom is -0.328 e. The van der Waals surface area contributed by atoms with Gasteiger partial charge in [-0.1, -0.05) is 6.07 Å². The summed E-state index contributed by atoms with van der Waals surface area (Å²) in [6.07, 6.45) is 0.808. The van der Waals surface area contributed by atoms with E-state index in [2.05, 4.69) is 0 Å². The Morgan fingerprint density at radius 3 is 2.94 bits per heavy atom. The van der Waals surface area contributed by atoms with Gasteiger partial charge in [0.05, 0.1) is 11.4 Å². The molecule has 4 nitrogen and oxygen atoms in total. The highest BCUT2D eigenvalue weighted by Crippen LogP contribution is 2.36. The van der Waals surface area contributed by atoms with E-state index in [-0.39, 0.29) is 11.9 Å². The summed E-state index contributed by atoms with van der Waals surface area (Å²) in [7, 11) is 0. The Balaban J connectivity index is 2.27. The fourth-order valence-electron chi connectivity index (χ4n) is 1.95. The number of rotatable bonds is 4. The van der Waals surface area contributed by atoms with E-state index in [0.717, 1.165) is 22.6 Å². The topological polar surface area (TPSA) is 72.3 Å². The van der Waals surface area contributed by atoms with E-state index < -0.39 is 0 Å². The highest BCUT2D eigenvalue weighted by Gasteiger charge is 2.24. The van der Waals surface area contributed by atoms with Crippen molar-refractivity contribution in [3.8, 4) is 0 Å². The zero-order valence-electron chi connectivity index (χ0n) is 10.6. The van der Waals surface area contributed by atoms with Crippen LogP contribution < -0.4 is 16.4 Å². The summed E-state index contributed by atoms with van der Waals surface area (Å²) < 4.78 is 0. The third-order valence-corrected chi connectivity index (χ3v) is 4.06. The van der Waals surface area contributed by atoms with Crippen LogP contribution in [0.15, 0.2) is 23.1 Å². The molecule has 0 saturated heterocycles. The molecule has 1 amide bonds. The summed E-state index contributed by atoms with van der Waals surface area (Å²) in [4.78, 5) is 15.0. The number of anilines is 1. The second-order valence-corrected chi connectivity index (χ2v) is 5.62. The molecule has 0 aromatic heterocycles. The van der Waals surface area contributed by atoms with Crippen LogP contribution in [0.3, 0.4) is 0 Å². The summed E-state index contributed by atoms with van der Waals surface area (Å²) in [5, 5.41) is 0. The third kappa shape index (κ3) is 2.85. The van der Waals surface area contributed by atoms with Crippen LogP contribution >= 0.6 is 11.8 Å². The molecular formula is C13H19N3OS. The first-order chi connectivity index (χ1) is 8.61. The molecule has 1 aromatic carbocycles. The van der Waals surface area contributed by atoms with Gasteiger partial charge in [0.15, 0.2) is 0 Å². The molecule has 0 spiro atoms. The van der Waals surface area contributed by atoms with Crippen LogP contribution in [-0.4, -0.2) is 24.2 Å². The fraction of sp³-hybridized carbons (Fsp3) is 0.462. The molecule has 5 heteroatoms. The number of nitrogens with zero attached hydrogens (tertiary/aromatic N) is 1. The van der Waals surface area contributed by atoms with Crippen LogP contribution in [0, 0.1) is 0 Å². The van der Waals surface area contributed by atoms with Gasteiger partial charge >= 0.3 is 0 Å². The molecule has 1 heterocycles. The third-order valence-electron chi connectivity index (χ3n) is 3.01. The first-order valence-electron chi connectivity index (χ1n) is 6.13. The van der Waals surface area contributed by atoms with Gasteiger partial charge in [-0.15, -0.1) is 11.8 Å². The highest BCUT2D eigenvalue weighted by molar-refractivity contribution is 8.00. The highest BCUT2D eigenvalue weighted by atomic mass is 32.2. The summed E-state index contributed by atoms with van der Waals surface area (Å²) in [6, 6.07) is 6.19. The van der Waals surface area contributed by atoms with Crippen LogP contribution in [0.2, 0.25) is 0 Å². The molecule has 18 heavy (non-hydrogen) atoms. The summed E-state index contributed by atoms with van der Waals surface area (Å²) >= 11 is 1.59. The lowest BCUT2D eigenvalue weighted by atomic mass is 10.1. The van der Waals surface area contributed by atoms with Gasteiger partial charge in [0, 0.05) is 24.0 Å². The predicted octanol–water partition coefficient (Wildman–Crippen LogP) is 1.32. The second kappa shape index (κ2) is 5.73. The molecule has 1 unspecified atom stereocenters. The van der Waals surface area contributed by atoms with Crippen LogP contribution in [-0.2, 0) is 11.3 Å². The maximum Gasteiger partial charge on any atom is 0.237 e. The Hall–Kier alpha value is -1.04. The van der Waals surface area contributed by atoms with E-state index in [1.807, 2.05) is 30.0 Å². The van der Waals surface area contributed by atoms with Gasteiger partial charge in [-0.05, 0) is 31.0 Å². The Morgan fingerprint density at radius 1 is 1.50 bits per heavy atom. The average Bonchev–Trinajstić information content (AvgIpc) is 2.36. The molecule has 1 atom stereocenters. The molecule has 1 aliphatic heterocycles. The largest absolute Gasteiger partial charge is 0.328 e. The van der Waals surface area contributed by atoms with Crippen molar-refractivity contribution in [1.29, 1.82) is 0 Å². The van der Waals surface area contributed by atoms with E-state index in [9.17, 15) is 4.79 Å². The number of thioether (sulfide) groups is 1. The van der Waals surface area contributed by atoms with Crippen LogP contribution in [0.1, 0.15) is 18.9 Å². The van der Waals surface area contributed by atoms with Gasteiger partial charge < -0.3 is 16.4 Å². The monoisotopic (exact) mass is 265 g/mol. The predicted molar refractivity (Wildman–Crippen MR) is 75.7 cm³/mol. The lowest BCUT2D eigenvalue weighted by Gasteiger charge is -2.30. The Kier molecular flexibility index (Phi) is 4.27. The van der Waals surface area contributed by atoms with Gasteiger partial charge in [0.2, 0.25) is 5.91 Å². The number of fused-ring (bicyclic) bond motifs is 1. The molecule has 0 bridgehead atoms. The SMILES string of the molecule is CC(N)CCN1C(=O)CSc2ccc(CN)cc21. The van der Waals surface area contributed by atoms with E-state index in [1.54, 1.807) is 11.8 Å². The maximum atomic E-state index is 12.0. The smallest absolute Gasteiger partial charge is 0.237 e. The quantitative estimate of drug-likeness (QED) is 0.861. The summed E-state index contributed by atoms with van der Waals surface area (Å²) in [5.74, 6) is 0.663. The number of benzene rings is 1. The van der Waals surface area contributed by atoms with Crippen molar-refractivity contribution in [2.24, 2.45) is 11.5 Å². The normalized spacial score (nSPS) is 16.6. The number of carbonyl (C=O) groups is 1.